The molecule has 14 heteroatoms. The van der Waals surface area contributed by atoms with Crippen LogP contribution in [0.25, 0.3) is 0 Å². The Hall–Kier alpha value is -3.73. The van der Waals surface area contributed by atoms with Crippen LogP contribution in [0.4, 0.5) is 29.2 Å². The maximum absolute atomic E-state index is 14.2. The molecule has 0 radical (unpaired) electrons. The van der Waals surface area contributed by atoms with Gasteiger partial charge in [-0.1, -0.05) is 0 Å². The standard InChI is InChI=1S/C17H10F4N6O3S/c1-16(2)13(30)26(14-23-11(17(19,20)21)10(6-22)24-25-14)15(31)27(16)7-3-4-8(12(28)29)9(18)5-7/h3-5H,1-2H3,(H,28,29). The summed E-state index contributed by atoms with van der Waals surface area (Å²) >= 11 is 5.22. The summed E-state index contributed by atoms with van der Waals surface area (Å²) in [5.41, 5.74) is -4.90. The van der Waals surface area contributed by atoms with Gasteiger partial charge < -0.3 is 10.0 Å². The largest absolute Gasteiger partial charge is 0.478 e. The molecule has 0 saturated carbocycles. The van der Waals surface area contributed by atoms with E-state index in [1.165, 1.54) is 26.0 Å². The number of halogens is 4. The molecule has 1 aliphatic heterocycles. The number of hydrogen-bond acceptors (Lipinski definition) is 7. The number of amides is 1. The third kappa shape index (κ3) is 3.52. The first-order chi connectivity index (χ1) is 14.3. The maximum atomic E-state index is 14.2. The first kappa shape index (κ1) is 22.0. The average Bonchev–Trinajstić information content (AvgIpc) is 2.84. The van der Waals surface area contributed by atoms with Gasteiger partial charge in [-0.2, -0.15) is 18.4 Å². The SMILES string of the molecule is CC1(C)C(=O)N(c2nnc(C#N)c(C(F)(F)F)n2)C(=S)N1c1ccc(C(=O)O)c(F)c1. The number of carbonyl (C=O) groups excluding carboxylic acids is 1. The normalized spacial score (nSPS) is 15.9. The van der Waals surface area contributed by atoms with Gasteiger partial charge in [-0.25, -0.2) is 19.1 Å². The molecule has 0 aliphatic carbocycles. The monoisotopic (exact) mass is 454 g/mol. The van der Waals surface area contributed by atoms with Crippen LogP contribution < -0.4 is 9.80 Å². The number of anilines is 2. The lowest BCUT2D eigenvalue weighted by Crippen LogP contribution is -2.44. The second kappa shape index (κ2) is 7.20. The predicted octanol–water partition coefficient (Wildman–Crippen LogP) is 2.52. The van der Waals surface area contributed by atoms with Crippen LogP contribution in [0.2, 0.25) is 0 Å². The van der Waals surface area contributed by atoms with Crippen LogP contribution in [0.5, 0.6) is 0 Å². The number of aromatic carboxylic acids is 1. The van der Waals surface area contributed by atoms with Crippen molar-refractivity contribution in [3.63, 3.8) is 0 Å². The van der Waals surface area contributed by atoms with Gasteiger partial charge in [0.05, 0.1) is 5.56 Å². The Labute approximate surface area is 176 Å². The lowest BCUT2D eigenvalue weighted by Gasteiger charge is -2.29. The van der Waals surface area contributed by atoms with Crippen molar-refractivity contribution in [3.05, 3.63) is 41.0 Å². The fourth-order valence-corrected chi connectivity index (χ4v) is 3.40. The molecular weight excluding hydrogens is 444 g/mol. The highest BCUT2D eigenvalue weighted by Crippen LogP contribution is 2.37. The van der Waals surface area contributed by atoms with Crippen LogP contribution in [-0.4, -0.2) is 42.8 Å². The van der Waals surface area contributed by atoms with E-state index in [9.17, 15) is 27.2 Å². The molecular formula is C17H10F4N6O3S. The van der Waals surface area contributed by atoms with E-state index in [-0.39, 0.29) is 5.69 Å². The fraction of sp³-hybridized carbons (Fsp3) is 0.235. The Morgan fingerprint density at radius 1 is 1.29 bits per heavy atom. The molecule has 1 fully saturated rings. The summed E-state index contributed by atoms with van der Waals surface area (Å²) < 4.78 is 53.8. The molecule has 0 unspecified atom stereocenters. The summed E-state index contributed by atoms with van der Waals surface area (Å²) in [7, 11) is 0. The van der Waals surface area contributed by atoms with Gasteiger partial charge in [0.15, 0.2) is 16.5 Å². The van der Waals surface area contributed by atoms with Crippen molar-refractivity contribution in [3.8, 4) is 6.07 Å². The van der Waals surface area contributed by atoms with Crippen molar-refractivity contribution in [2.45, 2.75) is 25.6 Å². The number of carbonyl (C=O) groups is 2. The van der Waals surface area contributed by atoms with E-state index in [0.29, 0.717) is 4.90 Å². The highest BCUT2D eigenvalue weighted by Gasteiger charge is 2.52. The van der Waals surface area contributed by atoms with E-state index in [1.807, 2.05) is 0 Å². The smallest absolute Gasteiger partial charge is 0.436 e. The van der Waals surface area contributed by atoms with Gasteiger partial charge in [0, 0.05) is 5.69 Å². The van der Waals surface area contributed by atoms with Crippen molar-refractivity contribution in [1.29, 1.82) is 5.26 Å². The Bertz CT molecular complexity index is 1180. The topological polar surface area (TPSA) is 123 Å². The van der Waals surface area contributed by atoms with E-state index in [0.717, 1.165) is 17.0 Å². The van der Waals surface area contributed by atoms with Gasteiger partial charge in [0.25, 0.3) is 11.9 Å². The van der Waals surface area contributed by atoms with Crippen LogP contribution in [0, 0.1) is 17.1 Å². The number of benzene rings is 1. The number of alkyl halides is 3. The van der Waals surface area contributed by atoms with Crippen molar-refractivity contribution < 1.29 is 32.3 Å². The van der Waals surface area contributed by atoms with Gasteiger partial charge in [0.2, 0.25) is 0 Å². The summed E-state index contributed by atoms with van der Waals surface area (Å²) in [5.74, 6) is -4.29. The summed E-state index contributed by atoms with van der Waals surface area (Å²) in [5, 5.41) is 24.0. The minimum absolute atomic E-state index is 0.0222. The molecule has 0 spiro atoms. The van der Waals surface area contributed by atoms with Crippen molar-refractivity contribution >= 4 is 40.8 Å². The number of thiocarbonyl (C=S) groups is 1. The zero-order chi connectivity index (χ0) is 23.3. The third-order valence-corrected chi connectivity index (χ3v) is 4.72. The van der Waals surface area contributed by atoms with Gasteiger partial charge in [-0.3, -0.25) is 4.79 Å². The molecule has 31 heavy (non-hydrogen) atoms. The van der Waals surface area contributed by atoms with Gasteiger partial charge in [-0.05, 0) is 44.3 Å². The molecule has 1 aromatic carbocycles. The molecule has 1 aromatic heterocycles. The zero-order valence-corrected chi connectivity index (χ0v) is 16.4. The van der Waals surface area contributed by atoms with E-state index < -0.39 is 57.4 Å². The number of carboxylic acid groups (broad SMARTS) is 1. The Morgan fingerprint density at radius 2 is 1.94 bits per heavy atom. The highest BCUT2D eigenvalue weighted by molar-refractivity contribution is 7.81. The van der Waals surface area contributed by atoms with E-state index in [4.69, 9.17) is 22.6 Å². The minimum Gasteiger partial charge on any atom is -0.478 e. The Kier molecular flexibility index (Phi) is 5.10. The Morgan fingerprint density at radius 3 is 2.45 bits per heavy atom. The van der Waals surface area contributed by atoms with Crippen molar-refractivity contribution in [1.82, 2.24) is 15.2 Å². The number of hydrogen-bond donors (Lipinski definition) is 1. The second-order valence-electron chi connectivity index (χ2n) is 6.71. The molecule has 1 amide bonds. The summed E-state index contributed by atoms with van der Waals surface area (Å²) in [4.78, 5) is 28.9. The first-order valence-corrected chi connectivity index (χ1v) is 8.65. The molecule has 0 bridgehead atoms. The minimum atomic E-state index is -5.05. The van der Waals surface area contributed by atoms with Crippen LogP contribution in [0.15, 0.2) is 18.2 Å². The number of aromatic nitrogens is 3. The molecule has 1 saturated heterocycles. The maximum Gasteiger partial charge on any atom is 0.436 e. The lowest BCUT2D eigenvalue weighted by molar-refractivity contribution is -0.141. The third-order valence-electron chi connectivity index (χ3n) is 4.36. The second-order valence-corrected chi connectivity index (χ2v) is 7.07. The van der Waals surface area contributed by atoms with Crippen molar-refractivity contribution in [2.75, 3.05) is 9.80 Å². The molecule has 2 aromatic rings. The van der Waals surface area contributed by atoms with Gasteiger partial charge in [-0.15, -0.1) is 10.2 Å². The van der Waals surface area contributed by atoms with Gasteiger partial charge >= 0.3 is 12.1 Å². The van der Waals surface area contributed by atoms with Crippen LogP contribution in [0.3, 0.4) is 0 Å². The molecule has 1 N–H and O–H groups in total. The molecule has 9 nitrogen and oxygen atoms in total. The fourth-order valence-electron chi connectivity index (χ4n) is 2.91. The first-order valence-electron chi connectivity index (χ1n) is 8.24. The number of rotatable bonds is 3. The number of nitrogens with zero attached hydrogens (tertiary/aromatic N) is 6. The van der Waals surface area contributed by atoms with Crippen LogP contribution >= 0.6 is 12.2 Å². The molecule has 0 atom stereocenters. The molecule has 1 aliphatic rings. The van der Waals surface area contributed by atoms with E-state index in [1.54, 1.807) is 0 Å². The lowest BCUT2D eigenvalue weighted by atomic mass is 10.0. The van der Waals surface area contributed by atoms with Crippen molar-refractivity contribution in [2.24, 2.45) is 0 Å². The van der Waals surface area contributed by atoms with E-state index >= 15 is 0 Å². The van der Waals surface area contributed by atoms with Crippen LogP contribution in [-0.2, 0) is 11.0 Å². The quantitative estimate of drug-likeness (QED) is 0.550. The predicted molar refractivity (Wildman–Crippen MR) is 99.5 cm³/mol. The molecule has 2 heterocycles. The van der Waals surface area contributed by atoms with Crippen LogP contribution in [0.1, 0.15) is 35.6 Å². The zero-order valence-electron chi connectivity index (χ0n) is 15.6. The summed E-state index contributed by atoms with van der Waals surface area (Å²) in [6.45, 7) is 2.73. The molecule has 160 valence electrons. The summed E-state index contributed by atoms with van der Waals surface area (Å²) in [6.07, 6.45) is -5.05. The van der Waals surface area contributed by atoms with Gasteiger partial charge in [0.1, 0.15) is 17.4 Å². The highest BCUT2D eigenvalue weighted by atomic mass is 32.1. The summed E-state index contributed by atoms with van der Waals surface area (Å²) in [6, 6.07) is 4.20. The van der Waals surface area contributed by atoms with E-state index in [2.05, 4.69) is 15.2 Å². The average molecular weight is 454 g/mol. The number of carboxylic acids is 1. The number of nitriles is 1. The Balaban J connectivity index is 2.12. The molecule has 3 rings (SSSR count).